The second kappa shape index (κ2) is 7.97. The van der Waals surface area contributed by atoms with Gasteiger partial charge < -0.3 is 9.47 Å². The number of hydrogen-bond acceptors (Lipinski definition) is 3. The molecule has 0 heterocycles. The zero-order valence-electron chi connectivity index (χ0n) is 13.1. The van der Waals surface area contributed by atoms with Crippen molar-refractivity contribution in [1.29, 1.82) is 0 Å². The first-order chi connectivity index (χ1) is 11.9. The van der Waals surface area contributed by atoms with Gasteiger partial charge in [0, 0.05) is 0 Å². The standard InChI is InChI=1S/C21H17O3/c22-14-19-12-7-13-20(23-15-17-8-3-1-4-9-17)21(19)24-16-18-10-5-2-6-11-18/h1-13H,15-16H2. The molecule has 3 aromatic carbocycles. The van der Waals surface area contributed by atoms with Gasteiger partial charge in [-0.15, -0.1) is 0 Å². The minimum atomic E-state index is 0.358. The highest BCUT2D eigenvalue weighted by molar-refractivity contribution is 5.81. The summed E-state index contributed by atoms with van der Waals surface area (Å²) in [4.78, 5) is 11.2. The first kappa shape index (κ1) is 15.8. The number of para-hydroxylation sites is 1. The Morgan fingerprint density at radius 3 is 1.83 bits per heavy atom. The summed E-state index contributed by atoms with van der Waals surface area (Å²) >= 11 is 0. The molecule has 119 valence electrons. The average molecular weight is 317 g/mol. The number of carbonyl (C=O) groups excluding carboxylic acids is 1. The van der Waals surface area contributed by atoms with Gasteiger partial charge in [-0.05, 0) is 23.3 Å². The Hall–Kier alpha value is -3.07. The van der Waals surface area contributed by atoms with Crippen molar-refractivity contribution in [2.75, 3.05) is 0 Å². The van der Waals surface area contributed by atoms with E-state index < -0.39 is 0 Å². The summed E-state index contributed by atoms with van der Waals surface area (Å²) in [5.41, 5.74) is 2.43. The Bertz CT molecular complexity index is 783. The Morgan fingerprint density at radius 2 is 1.25 bits per heavy atom. The molecule has 0 unspecified atom stereocenters. The van der Waals surface area contributed by atoms with Crippen LogP contribution in [0, 0.1) is 0 Å². The van der Waals surface area contributed by atoms with E-state index in [0.29, 0.717) is 30.3 Å². The molecule has 24 heavy (non-hydrogen) atoms. The Balaban J connectivity index is 1.77. The van der Waals surface area contributed by atoms with Crippen molar-refractivity contribution in [1.82, 2.24) is 0 Å². The van der Waals surface area contributed by atoms with Crippen LogP contribution in [0.1, 0.15) is 16.7 Å². The third-order valence-corrected chi connectivity index (χ3v) is 3.55. The maximum atomic E-state index is 11.2. The van der Waals surface area contributed by atoms with Gasteiger partial charge in [0.25, 0.3) is 0 Å². The number of ether oxygens (including phenoxy) is 2. The van der Waals surface area contributed by atoms with Crippen molar-refractivity contribution in [3.05, 3.63) is 95.6 Å². The molecule has 3 aromatic rings. The zero-order chi connectivity index (χ0) is 16.6. The van der Waals surface area contributed by atoms with Gasteiger partial charge in [0.1, 0.15) is 13.2 Å². The normalized spacial score (nSPS) is 10.2. The van der Waals surface area contributed by atoms with Crippen LogP contribution < -0.4 is 9.47 Å². The van der Waals surface area contributed by atoms with Crippen LogP contribution in [0.5, 0.6) is 11.5 Å². The van der Waals surface area contributed by atoms with Crippen molar-refractivity contribution in [3.63, 3.8) is 0 Å². The molecule has 0 spiro atoms. The highest BCUT2D eigenvalue weighted by atomic mass is 16.5. The predicted octanol–water partition coefficient (Wildman–Crippen LogP) is 4.30. The lowest BCUT2D eigenvalue weighted by molar-refractivity contribution is 0.255. The monoisotopic (exact) mass is 317 g/mol. The Morgan fingerprint density at radius 1 is 0.667 bits per heavy atom. The second-order valence-electron chi connectivity index (χ2n) is 5.28. The molecule has 0 saturated carbocycles. The summed E-state index contributed by atoms with van der Waals surface area (Å²) in [6, 6.07) is 24.9. The second-order valence-corrected chi connectivity index (χ2v) is 5.28. The summed E-state index contributed by atoms with van der Waals surface area (Å²) in [6.07, 6.45) is 1.92. The van der Waals surface area contributed by atoms with Crippen LogP contribution in [0.4, 0.5) is 0 Å². The highest BCUT2D eigenvalue weighted by Gasteiger charge is 2.12. The van der Waals surface area contributed by atoms with Gasteiger partial charge in [0.2, 0.25) is 6.29 Å². The molecule has 0 bridgehead atoms. The fourth-order valence-electron chi connectivity index (χ4n) is 2.32. The van der Waals surface area contributed by atoms with Crippen molar-refractivity contribution >= 4 is 6.29 Å². The smallest absolute Gasteiger partial charge is 0.237 e. The van der Waals surface area contributed by atoms with Crippen LogP contribution in [-0.4, -0.2) is 6.29 Å². The number of benzene rings is 3. The van der Waals surface area contributed by atoms with Crippen molar-refractivity contribution in [2.24, 2.45) is 0 Å². The van der Waals surface area contributed by atoms with E-state index in [2.05, 4.69) is 0 Å². The van der Waals surface area contributed by atoms with Gasteiger partial charge in [0.05, 0.1) is 5.56 Å². The molecule has 0 aliphatic rings. The summed E-state index contributed by atoms with van der Waals surface area (Å²) in [5.74, 6) is 0.961. The molecule has 3 nitrogen and oxygen atoms in total. The van der Waals surface area contributed by atoms with Gasteiger partial charge >= 0.3 is 0 Å². The minimum absolute atomic E-state index is 0.358. The number of rotatable bonds is 7. The van der Waals surface area contributed by atoms with E-state index >= 15 is 0 Å². The largest absolute Gasteiger partial charge is 0.485 e. The molecule has 0 saturated heterocycles. The van der Waals surface area contributed by atoms with E-state index in [4.69, 9.17) is 9.47 Å². The van der Waals surface area contributed by atoms with Gasteiger partial charge in [-0.3, -0.25) is 4.79 Å². The highest BCUT2D eigenvalue weighted by Crippen LogP contribution is 2.31. The first-order valence-electron chi connectivity index (χ1n) is 7.71. The van der Waals surface area contributed by atoms with Crippen LogP contribution >= 0.6 is 0 Å². The van der Waals surface area contributed by atoms with Crippen LogP contribution in [-0.2, 0) is 18.0 Å². The van der Waals surface area contributed by atoms with Gasteiger partial charge in [-0.1, -0.05) is 66.7 Å². The molecular formula is C21H17O3. The molecule has 0 N–H and O–H groups in total. The van der Waals surface area contributed by atoms with Crippen LogP contribution in [0.25, 0.3) is 0 Å². The third-order valence-electron chi connectivity index (χ3n) is 3.55. The predicted molar refractivity (Wildman–Crippen MR) is 92.8 cm³/mol. The van der Waals surface area contributed by atoms with Gasteiger partial charge in [-0.25, -0.2) is 0 Å². The van der Waals surface area contributed by atoms with E-state index in [1.807, 2.05) is 66.9 Å². The summed E-state index contributed by atoms with van der Waals surface area (Å²) in [5, 5.41) is 0. The summed E-state index contributed by atoms with van der Waals surface area (Å²) in [7, 11) is 0. The average Bonchev–Trinajstić information content (AvgIpc) is 2.66. The van der Waals surface area contributed by atoms with Crippen molar-refractivity contribution < 1.29 is 14.3 Å². The minimum Gasteiger partial charge on any atom is -0.485 e. The topological polar surface area (TPSA) is 35.5 Å². The Kier molecular flexibility index (Phi) is 5.25. The van der Waals surface area contributed by atoms with E-state index in [1.54, 1.807) is 18.2 Å². The van der Waals surface area contributed by atoms with Gasteiger partial charge in [0.15, 0.2) is 11.5 Å². The molecular weight excluding hydrogens is 300 g/mol. The first-order valence-corrected chi connectivity index (χ1v) is 7.71. The van der Waals surface area contributed by atoms with Crippen LogP contribution in [0.15, 0.2) is 78.9 Å². The molecule has 0 aliphatic carbocycles. The van der Waals surface area contributed by atoms with Crippen molar-refractivity contribution in [2.45, 2.75) is 13.2 Å². The van der Waals surface area contributed by atoms with Crippen LogP contribution in [0.3, 0.4) is 0 Å². The molecule has 1 radical (unpaired) electrons. The quantitative estimate of drug-likeness (QED) is 0.651. The SMILES string of the molecule is O=[C]c1cccc(OCc2ccccc2)c1OCc1ccccc1. The Labute approximate surface area is 141 Å². The molecule has 3 rings (SSSR count). The fraction of sp³-hybridized carbons (Fsp3) is 0.0952. The van der Waals surface area contributed by atoms with E-state index in [-0.39, 0.29) is 0 Å². The van der Waals surface area contributed by atoms with Crippen molar-refractivity contribution in [3.8, 4) is 11.5 Å². The fourth-order valence-corrected chi connectivity index (χ4v) is 2.32. The number of hydrogen-bond donors (Lipinski definition) is 0. The lowest BCUT2D eigenvalue weighted by Gasteiger charge is -2.14. The summed E-state index contributed by atoms with van der Waals surface area (Å²) < 4.78 is 11.7. The lowest BCUT2D eigenvalue weighted by atomic mass is 10.2. The van der Waals surface area contributed by atoms with E-state index in [1.165, 1.54) is 0 Å². The van der Waals surface area contributed by atoms with Gasteiger partial charge in [-0.2, -0.15) is 0 Å². The van der Waals surface area contributed by atoms with Crippen LogP contribution in [0.2, 0.25) is 0 Å². The third kappa shape index (κ3) is 4.02. The molecule has 0 aromatic heterocycles. The molecule has 0 fully saturated rings. The maximum absolute atomic E-state index is 11.2. The zero-order valence-corrected chi connectivity index (χ0v) is 13.1. The molecule has 0 atom stereocenters. The molecule has 0 amide bonds. The molecule has 0 aliphatic heterocycles. The van der Waals surface area contributed by atoms with E-state index in [0.717, 1.165) is 11.1 Å². The lowest BCUT2D eigenvalue weighted by Crippen LogP contribution is -2.03. The maximum Gasteiger partial charge on any atom is 0.237 e. The molecule has 3 heteroatoms. The van der Waals surface area contributed by atoms with E-state index in [9.17, 15) is 4.79 Å². The summed E-state index contributed by atoms with van der Waals surface area (Å²) in [6.45, 7) is 0.770.